The third-order valence-electron chi connectivity index (χ3n) is 5.13. The van der Waals surface area contributed by atoms with Gasteiger partial charge < -0.3 is 14.8 Å². The van der Waals surface area contributed by atoms with Gasteiger partial charge >= 0.3 is 0 Å². The molecular formula is C21H25ClN2O5S. The zero-order valence-electron chi connectivity index (χ0n) is 17.1. The van der Waals surface area contributed by atoms with E-state index in [1.54, 1.807) is 6.07 Å². The lowest BCUT2D eigenvalue weighted by Gasteiger charge is -2.31. The predicted molar refractivity (Wildman–Crippen MR) is 116 cm³/mol. The summed E-state index contributed by atoms with van der Waals surface area (Å²) in [5, 5.41) is 3.10. The number of nitrogens with one attached hydrogen (secondary N) is 1. The van der Waals surface area contributed by atoms with Gasteiger partial charge in [-0.1, -0.05) is 17.7 Å². The molecule has 1 atom stereocenters. The topological polar surface area (TPSA) is 84.9 Å². The highest BCUT2D eigenvalue weighted by Crippen LogP contribution is 2.31. The minimum absolute atomic E-state index is 0.0784. The molecule has 0 aliphatic carbocycles. The zero-order valence-corrected chi connectivity index (χ0v) is 18.7. The van der Waals surface area contributed by atoms with Crippen molar-refractivity contribution in [1.29, 1.82) is 0 Å². The van der Waals surface area contributed by atoms with E-state index in [0.717, 1.165) is 5.56 Å². The zero-order chi connectivity index (χ0) is 21.9. The van der Waals surface area contributed by atoms with Crippen LogP contribution in [0.2, 0.25) is 5.02 Å². The lowest BCUT2D eigenvalue weighted by atomic mass is 9.98. The summed E-state index contributed by atoms with van der Waals surface area (Å²) >= 11 is 6.10. The number of benzene rings is 2. The van der Waals surface area contributed by atoms with E-state index >= 15 is 0 Å². The van der Waals surface area contributed by atoms with E-state index in [2.05, 4.69) is 5.32 Å². The number of sulfonamides is 1. The molecule has 1 fully saturated rings. The molecule has 0 saturated carbocycles. The van der Waals surface area contributed by atoms with Gasteiger partial charge in [-0.05, 0) is 55.7 Å². The van der Waals surface area contributed by atoms with Crippen molar-refractivity contribution in [3.63, 3.8) is 0 Å². The quantitative estimate of drug-likeness (QED) is 0.722. The van der Waals surface area contributed by atoms with E-state index in [0.29, 0.717) is 36.6 Å². The number of halogens is 1. The Kier molecular flexibility index (Phi) is 6.90. The first kappa shape index (κ1) is 22.4. The molecule has 1 aliphatic rings. The monoisotopic (exact) mass is 452 g/mol. The Labute approximate surface area is 182 Å². The summed E-state index contributed by atoms with van der Waals surface area (Å²) in [6.45, 7) is 2.37. The minimum Gasteiger partial charge on any atom is -0.495 e. The summed E-state index contributed by atoms with van der Waals surface area (Å²) in [7, 11) is -0.778. The van der Waals surface area contributed by atoms with Crippen LogP contribution in [-0.4, -0.2) is 45.9 Å². The van der Waals surface area contributed by atoms with Crippen molar-refractivity contribution in [2.24, 2.45) is 5.92 Å². The van der Waals surface area contributed by atoms with Gasteiger partial charge in [0.05, 0.1) is 35.7 Å². The summed E-state index contributed by atoms with van der Waals surface area (Å²) in [4.78, 5) is 12.9. The number of carbonyl (C=O) groups excluding carboxylic acids is 1. The molecule has 0 spiro atoms. The smallest absolute Gasteiger partial charge is 0.243 e. The average molecular weight is 453 g/mol. The highest BCUT2D eigenvalue weighted by Gasteiger charge is 2.34. The molecule has 9 heteroatoms. The maximum absolute atomic E-state index is 13.1. The number of hydrogen-bond acceptors (Lipinski definition) is 5. The summed E-state index contributed by atoms with van der Waals surface area (Å²) < 4.78 is 37.9. The highest BCUT2D eigenvalue weighted by atomic mass is 35.5. The van der Waals surface area contributed by atoms with Gasteiger partial charge in [-0.2, -0.15) is 4.31 Å². The van der Waals surface area contributed by atoms with E-state index in [-0.39, 0.29) is 22.4 Å². The molecule has 1 saturated heterocycles. The second-order valence-electron chi connectivity index (χ2n) is 7.19. The van der Waals surface area contributed by atoms with Crippen molar-refractivity contribution in [3.05, 3.63) is 47.0 Å². The van der Waals surface area contributed by atoms with E-state index in [1.165, 1.54) is 36.7 Å². The molecule has 7 nitrogen and oxygen atoms in total. The van der Waals surface area contributed by atoms with Gasteiger partial charge in [-0.25, -0.2) is 8.42 Å². The van der Waals surface area contributed by atoms with Crippen LogP contribution in [0.25, 0.3) is 0 Å². The number of hydrogen-bond donors (Lipinski definition) is 1. The lowest BCUT2D eigenvalue weighted by Crippen LogP contribution is -2.43. The van der Waals surface area contributed by atoms with Crippen molar-refractivity contribution in [1.82, 2.24) is 4.31 Å². The minimum atomic E-state index is -3.78. The van der Waals surface area contributed by atoms with Crippen LogP contribution in [0.15, 0.2) is 41.3 Å². The Balaban J connectivity index is 1.77. The van der Waals surface area contributed by atoms with Crippen LogP contribution >= 0.6 is 11.6 Å². The summed E-state index contributed by atoms with van der Waals surface area (Å²) in [6.07, 6.45) is 1.20. The van der Waals surface area contributed by atoms with Crippen LogP contribution in [0.1, 0.15) is 18.4 Å². The van der Waals surface area contributed by atoms with Crippen molar-refractivity contribution in [2.45, 2.75) is 24.7 Å². The molecule has 0 aromatic heterocycles. The van der Waals surface area contributed by atoms with Crippen LogP contribution in [0.5, 0.6) is 11.5 Å². The Morgan fingerprint density at radius 1 is 1.13 bits per heavy atom. The number of ether oxygens (including phenoxy) is 2. The van der Waals surface area contributed by atoms with Crippen LogP contribution in [0, 0.1) is 12.8 Å². The fourth-order valence-electron chi connectivity index (χ4n) is 3.49. The maximum atomic E-state index is 13.1. The van der Waals surface area contributed by atoms with E-state index in [1.807, 2.05) is 19.1 Å². The van der Waals surface area contributed by atoms with E-state index in [4.69, 9.17) is 21.1 Å². The number of aryl methyl sites for hydroxylation is 1. The Bertz CT molecular complexity index is 1040. The third kappa shape index (κ3) is 4.71. The molecule has 1 N–H and O–H groups in total. The van der Waals surface area contributed by atoms with Gasteiger partial charge in [0.15, 0.2) is 0 Å². The number of piperidine rings is 1. The molecule has 0 radical (unpaired) electrons. The summed E-state index contributed by atoms with van der Waals surface area (Å²) in [5.41, 5.74) is 1.56. The Morgan fingerprint density at radius 3 is 2.50 bits per heavy atom. The third-order valence-corrected chi connectivity index (χ3v) is 7.29. The van der Waals surface area contributed by atoms with Gasteiger partial charge in [0, 0.05) is 13.1 Å². The molecule has 0 bridgehead atoms. The van der Waals surface area contributed by atoms with Gasteiger partial charge in [0.25, 0.3) is 0 Å². The first-order valence-corrected chi connectivity index (χ1v) is 11.4. The first-order chi connectivity index (χ1) is 14.3. The number of methoxy groups -OCH3 is 2. The SMILES string of the molecule is COc1ccc(S(=O)(=O)N2CCC[C@H](C(=O)Nc3cc(C)ccc3OC)C2)cc1Cl. The van der Waals surface area contributed by atoms with E-state index < -0.39 is 15.9 Å². The molecule has 1 heterocycles. The van der Waals surface area contributed by atoms with Gasteiger partial charge in [-0.3, -0.25) is 4.79 Å². The second-order valence-corrected chi connectivity index (χ2v) is 9.54. The Hall–Kier alpha value is -2.29. The number of carbonyl (C=O) groups is 1. The molecule has 2 aromatic carbocycles. The molecule has 30 heavy (non-hydrogen) atoms. The molecule has 1 amide bonds. The summed E-state index contributed by atoms with van der Waals surface area (Å²) in [5.74, 6) is 0.264. The fraction of sp³-hybridized carbons (Fsp3) is 0.381. The van der Waals surface area contributed by atoms with Crippen LogP contribution in [-0.2, 0) is 14.8 Å². The lowest BCUT2D eigenvalue weighted by molar-refractivity contribution is -0.120. The van der Waals surface area contributed by atoms with Gasteiger partial charge in [0.1, 0.15) is 11.5 Å². The largest absolute Gasteiger partial charge is 0.495 e. The van der Waals surface area contributed by atoms with Crippen molar-refractivity contribution >= 4 is 33.2 Å². The molecule has 162 valence electrons. The molecule has 3 rings (SSSR count). The maximum Gasteiger partial charge on any atom is 0.243 e. The van der Waals surface area contributed by atoms with Crippen molar-refractivity contribution in [2.75, 3.05) is 32.6 Å². The van der Waals surface area contributed by atoms with Gasteiger partial charge in [0.2, 0.25) is 15.9 Å². The first-order valence-electron chi connectivity index (χ1n) is 9.55. The van der Waals surface area contributed by atoms with Crippen molar-refractivity contribution < 1.29 is 22.7 Å². The second kappa shape index (κ2) is 9.24. The normalized spacial score (nSPS) is 17.4. The average Bonchev–Trinajstić information content (AvgIpc) is 2.74. The molecule has 0 unspecified atom stereocenters. The van der Waals surface area contributed by atoms with Crippen LogP contribution in [0.3, 0.4) is 0 Å². The number of rotatable bonds is 6. The molecular weight excluding hydrogens is 428 g/mol. The highest BCUT2D eigenvalue weighted by molar-refractivity contribution is 7.89. The Morgan fingerprint density at radius 2 is 1.83 bits per heavy atom. The van der Waals surface area contributed by atoms with Crippen LogP contribution < -0.4 is 14.8 Å². The number of anilines is 1. The molecule has 1 aliphatic heterocycles. The predicted octanol–water partition coefficient (Wildman–Crippen LogP) is 3.71. The number of nitrogens with zero attached hydrogens (tertiary/aromatic N) is 1. The molecule has 2 aromatic rings. The number of amides is 1. The summed E-state index contributed by atoms with van der Waals surface area (Å²) in [6, 6.07) is 9.86. The fourth-order valence-corrected chi connectivity index (χ4v) is 5.36. The van der Waals surface area contributed by atoms with Gasteiger partial charge in [-0.15, -0.1) is 0 Å². The van der Waals surface area contributed by atoms with Crippen molar-refractivity contribution in [3.8, 4) is 11.5 Å². The van der Waals surface area contributed by atoms with E-state index in [9.17, 15) is 13.2 Å². The van der Waals surface area contributed by atoms with Crippen LogP contribution in [0.4, 0.5) is 5.69 Å². The standard InChI is InChI=1S/C21H25ClN2O5S/c1-14-6-8-20(29-3)18(11-14)23-21(25)15-5-4-10-24(13-15)30(26,27)16-7-9-19(28-2)17(22)12-16/h6-9,11-12,15H,4-5,10,13H2,1-3H3,(H,23,25)/t15-/m0/s1.